The van der Waals surface area contributed by atoms with Gasteiger partial charge in [-0.1, -0.05) is 55.4 Å². The van der Waals surface area contributed by atoms with Crippen LogP contribution in [0.25, 0.3) is 0 Å². The molecule has 4 rings (SSSR count). The highest BCUT2D eigenvalue weighted by Gasteiger charge is 2.76. The molecule has 1 N–H and O–H groups in total. The number of aliphatic hydroxyl groups excluding tert-OH is 1. The number of rotatable bonds is 10. The molecular weight excluding hydrogens is 636 g/mol. The molecule has 2 aromatic carbocycles. The molecule has 2 bridgehead atoms. The highest BCUT2D eigenvalue weighted by Crippen LogP contribution is 2.66. The van der Waals surface area contributed by atoms with Crippen LogP contribution in [-0.4, -0.2) is 45.7 Å². The maximum Gasteiger partial charge on any atom is 0.351 e. The first kappa shape index (κ1) is 39.2. The minimum atomic E-state index is -1.41. The van der Waals surface area contributed by atoms with Crippen LogP contribution in [0.1, 0.15) is 112 Å². The maximum atomic E-state index is 13.6. The topological polar surface area (TPSA) is 178 Å². The molecule has 1 aliphatic heterocycles. The number of hydrogen-bond acceptors (Lipinski definition) is 11. The van der Waals surface area contributed by atoms with Crippen molar-refractivity contribution in [3.8, 4) is 11.5 Å². The number of nitro groups is 2. The predicted octanol–water partition coefficient (Wildman–Crippen LogP) is 7.82. The summed E-state index contributed by atoms with van der Waals surface area (Å²) in [5, 5.41) is 32.9. The SMILES string of the molecule is CCOc1ccc([N+](=O)[O-])c(C(O)C(C)(C)C)c1.CCOc1ccc([N+](=O)[O-])c([C@@H](OC(=O)[C@@]23CC[C@@](C)(C(=O)O2)C3(C)C)C(C)(C)C)c1. The lowest BCUT2D eigenvalue weighted by molar-refractivity contribution is -0.386. The van der Waals surface area contributed by atoms with Gasteiger partial charge in [-0.2, -0.15) is 0 Å². The molecule has 13 heteroatoms. The van der Waals surface area contributed by atoms with Gasteiger partial charge in [0.15, 0.2) is 0 Å². The lowest BCUT2D eigenvalue weighted by atomic mass is 9.66. The standard InChI is InChI=1S/C23H31NO7.C13H19NO4/c1-8-29-14-9-10-16(24(27)28)15(13-14)17(20(2,3)4)30-19(26)23-12-11-22(7,18(25)31-23)21(23,5)6;1-5-18-9-6-7-11(14(16)17)10(8-9)12(15)13(2,3)4/h9-10,13,17H,8,11-12H2,1-7H3;6-8,12,15H,5H2,1-4H3/t17-,22+,23-;/m1./s1. The molecule has 4 atom stereocenters. The molecule has 13 nitrogen and oxygen atoms in total. The molecule has 1 saturated heterocycles. The summed E-state index contributed by atoms with van der Waals surface area (Å²) >= 11 is 0. The Labute approximate surface area is 287 Å². The first-order valence-corrected chi connectivity index (χ1v) is 16.4. The van der Waals surface area contributed by atoms with Crippen LogP contribution in [0.3, 0.4) is 0 Å². The van der Waals surface area contributed by atoms with Crippen molar-refractivity contribution >= 4 is 23.3 Å². The first-order valence-electron chi connectivity index (χ1n) is 16.4. The fourth-order valence-corrected chi connectivity index (χ4v) is 6.42. The van der Waals surface area contributed by atoms with Crippen LogP contribution in [0, 0.1) is 41.9 Å². The Morgan fingerprint density at radius 2 is 1.33 bits per heavy atom. The van der Waals surface area contributed by atoms with E-state index in [9.17, 15) is 34.9 Å². The lowest BCUT2D eigenvalue weighted by Gasteiger charge is -2.38. The molecule has 0 spiro atoms. The number of aliphatic hydroxyl groups is 1. The highest BCUT2D eigenvalue weighted by atomic mass is 16.6. The van der Waals surface area contributed by atoms with E-state index >= 15 is 0 Å². The first-order chi connectivity index (χ1) is 22.5. The van der Waals surface area contributed by atoms with Crippen molar-refractivity contribution < 1.29 is 43.5 Å². The molecule has 2 fully saturated rings. The summed E-state index contributed by atoms with van der Waals surface area (Å²) in [7, 11) is 0. The third kappa shape index (κ3) is 7.36. The van der Waals surface area contributed by atoms with Gasteiger partial charge in [0.25, 0.3) is 11.4 Å². The summed E-state index contributed by atoms with van der Waals surface area (Å²) in [6.45, 7) is 21.0. The monoisotopic (exact) mass is 686 g/mol. The van der Waals surface area contributed by atoms with Crippen LogP contribution in [0.2, 0.25) is 0 Å². The normalized spacial score (nSPS) is 22.2. The number of nitro benzene ring substituents is 2. The van der Waals surface area contributed by atoms with Crippen molar-refractivity contribution in [2.75, 3.05) is 13.2 Å². The van der Waals surface area contributed by atoms with Crippen LogP contribution in [0.4, 0.5) is 11.4 Å². The van der Waals surface area contributed by atoms with Crippen molar-refractivity contribution in [3.63, 3.8) is 0 Å². The number of carbonyl (C=O) groups is 2. The van der Waals surface area contributed by atoms with Gasteiger partial charge in [-0.05, 0) is 63.3 Å². The van der Waals surface area contributed by atoms with Crippen molar-refractivity contribution in [2.45, 2.75) is 107 Å². The molecular formula is C36H50N2O11. The van der Waals surface area contributed by atoms with Gasteiger partial charge in [-0.3, -0.25) is 25.0 Å². The minimum Gasteiger partial charge on any atom is -0.494 e. The van der Waals surface area contributed by atoms with Crippen LogP contribution in [-0.2, 0) is 19.1 Å². The molecule has 1 unspecified atom stereocenters. The summed E-state index contributed by atoms with van der Waals surface area (Å²) in [6.07, 6.45) is -0.983. The Kier molecular flexibility index (Phi) is 11.1. The fourth-order valence-electron chi connectivity index (χ4n) is 6.42. The second kappa shape index (κ2) is 13.9. The molecule has 270 valence electrons. The number of hydrogen-bond donors (Lipinski definition) is 1. The maximum absolute atomic E-state index is 13.6. The second-order valence-electron chi connectivity index (χ2n) is 15.4. The van der Waals surface area contributed by atoms with E-state index in [-0.39, 0.29) is 16.9 Å². The smallest absolute Gasteiger partial charge is 0.351 e. The Balaban J connectivity index is 0.000000308. The largest absolute Gasteiger partial charge is 0.494 e. The minimum absolute atomic E-state index is 0.0825. The molecule has 49 heavy (non-hydrogen) atoms. The van der Waals surface area contributed by atoms with Crippen molar-refractivity contribution in [1.82, 2.24) is 0 Å². The van der Waals surface area contributed by atoms with Gasteiger partial charge in [-0.15, -0.1) is 0 Å². The van der Waals surface area contributed by atoms with Crippen molar-refractivity contribution in [2.24, 2.45) is 21.7 Å². The molecule has 0 radical (unpaired) electrons. The van der Waals surface area contributed by atoms with Crippen LogP contribution in [0.15, 0.2) is 36.4 Å². The summed E-state index contributed by atoms with van der Waals surface area (Å²) < 4.78 is 22.5. The zero-order valence-electron chi connectivity index (χ0n) is 30.4. The van der Waals surface area contributed by atoms with E-state index in [1.54, 1.807) is 12.1 Å². The van der Waals surface area contributed by atoms with E-state index in [4.69, 9.17) is 18.9 Å². The van der Waals surface area contributed by atoms with Crippen LogP contribution < -0.4 is 9.47 Å². The summed E-state index contributed by atoms with van der Waals surface area (Å²) in [4.78, 5) is 47.8. The van der Waals surface area contributed by atoms with E-state index < -0.39 is 61.3 Å². The lowest BCUT2D eigenvalue weighted by Crippen LogP contribution is -2.49. The molecule has 2 aromatic rings. The van der Waals surface area contributed by atoms with Gasteiger partial charge in [-0.25, -0.2) is 4.79 Å². The van der Waals surface area contributed by atoms with E-state index in [2.05, 4.69) is 0 Å². The Hall–Kier alpha value is -4.26. The Morgan fingerprint density at radius 3 is 1.69 bits per heavy atom. The number of ether oxygens (including phenoxy) is 4. The third-order valence-electron chi connectivity index (χ3n) is 9.84. The van der Waals surface area contributed by atoms with Gasteiger partial charge in [0, 0.05) is 23.0 Å². The number of benzene rings is 2. The van der Waals surface area contributed by atoms with E-state index in [0.29, 0.717) is 43.1 Å². The quantitative estimate of drug-likeness (QED) is 0.146. The second-order valence-corrected chi connectivity index (χ2v) is 15.4. The zero-order valence-corrected chi connectivity index (χ0v) is 30.4. The van der Waals surface area contributed by atoms with Gasteiger partial charge < -0.3 is 24.1 Å². The fraction of sp³-hybridized carbons (Fsp3) is 0.611. The molecule has 2 aliphatic rings. The van der Waals surface area contributed by atoms with E-state index in [0.717, 1.165) is 0 Å². The average Bonchev–Trinajstić information content (AvgIpc) is 3.29. The third-order valence-corrected chi connectivity index (χ3v) is 9.84. The summed E-state index contributed by atoms with van der Waals surface area (Å²) in [5.74, 6) is -0.0885. The summed E-state index contributed by atoms with van der Waals surface area (Å²) in [5.41, 5.74) is -3.80. The predicted molar refractivity (Wildman–Crippen MR) is 181 cm³/mol. The molecule has 1 saturated carbocycles. The Morgan fingerprint density at radius 1 is 0.857 bits per heavy atom. The van der Waals surface area contributed by atoms with Gasteiger partial charge in [0.2, 0.25) is 5.60 Å². The highest BCUT2D eigenvalue weighted by molar-refractivity contribution is 5.93. The average molecular weight is 687 g/mol. The number of nitrogens with zero attached hydrogens (tertiary/aromatic N) is 2. The van der Waals surface area contributed by atoms with Gasteiger partial charge in [0.05, 0.1) is 45.7 Å². The zero-order chi connectivity index (χ0) is 37.3. The number of carbonyl (C=O) groups excluding carboxylic acids is 2. The van der Waals surface area contributed by atoms with Gasteiger partial charge >= 0.3 is 11.9 Å². The molecule has 1 heterocycles. The molecule has 1 aliphatic carbocycles. The Bertz CT molecular complexity index is 1590. The number of esters is 2. The van der Waals surface area contributed by atoms with E-state index in [1.165, 1.54) is 24.3 Å². The van der Waals surface area contributed by atoms with Crippen molar-refractivity contribution in [1.29, 1.82) is 0 Å². The van der Waals surface area contributed by atoms with Gasteiger partial charge in [0.1, 0.15) is 17.6 Å². The van der Waals surface area contributed by atoms with Crippen LogP contribution in [0.5, 0.6) is 11.5 Å². The van der Waals surface area contributed by atoms with E-state index in [1.807, 2.05) is 76.2 Å². The molecule has 0 amide bonds. The summed E-state index contributed by atoms with van der Waals surface area (Å²) in [6, 6.07) is 8.88. The molecule has 0 aromatic heterocycles. The van der Waals surface area contributed by atoms with Crippen molar-refractivity contribution in [3.05, 3.63) is 67.8 Å². The number of fused-ring (bicyclic) bond motifs is 2. The van der Waals surface area contributed by atoms with Crippen LogP contribution >= 0.6 is 0 Å².